The maximum Gasteiger partial charge on any atom is 0.416 e. The fourth-order valence-corrected chi connectivity index (χ4v) is 3.90. The zero-order valence-corrected chi connectivity index (χ0v) is 16.4. The van der Waals surface area contributed by atoms with E-state index in [2.05, 4.69) is 0 Å². The first-order chi connectivity index (χ1) is 14.3. The molecule has 1 amide bonds. The Bertz CT molecular complexity index is 1110. The molecular formula is C23H21F3N2O2. The molecule has 0 spiro atoms. The lowest BCUT2D eigenvalue weighted by atomic mass is 9.95. The third kappa shape index (κ3) is 3.73. The summed E-state index contributed by atoms with van der Waals surface area (Å²) in [6.45, 7) is 1.15. The van der Waals surface area contributed by atoms with Crippen LogP contribution >= 0.6 is 0 Å². The summed E-state index contributed by atoms with van der Waals surface area (Å²) in [6.07, 6.45) is -3.68. The third-order valence-electron chi connectivity index (χ3n) is 5.46. The number of hydrogen-bond acceptors (Lipinski definition) is 3. The monoisotopic (exact) mass is 414 g/mol. The van der Waals surface area contributed by atoms with E-state index in [1.807, 2.05) is 6.07 Å². The van der Waals surface area contributed by atoms with Gasteiger partial charge in [0.05, 0.1) is 12.7 Å². The van der Waals surface area contributed by atoms with Crippen molar-refractivity contribution in [1.29, 1.82) is 0 Å². The Morgan fingerprint density at radius 1 is 1.10 bits per heavy atom. The number of halogens is 3. The molecule has 0 saturated carbocycles. The summed E-state index contributed by atoms with van der Waals surface area (Å²) < 4.78 is 45.1. The van der Waals surface area contributed by atoms with E-state index < -0.39 is 11.7 Å². The molecule has 3 aromatic carbocycles. The highest BCUT2D eigenvalue weighted by molar-refractivity contribution is 6.03. The second-order valence-corrected chi connectivity index (χ2v) is 7.45. The summed E-state index contributed by atoms with van der Waals surface area (Å²) >= 11 is 0. The summed E-state index contributed by atoms with van der Waals surface area (Å²) in [5.41, 5.74) is 6.65. The zero-order chi connectivity index (χ0) is 21.5. The Kier molecular flexibility index (Phi) is 5.15. The number of nitrogens with zero attached hydrogens (tertiary/aromatic N) is 1. The number of fused-ring (bicyclic) bond motifs is 1. The van der Waals surface area contributed by atoms with Gasteiger partial charge in [0.2, 0.25) is 0 Å². The van der Waals surface area contributed by atoms with Crippen LogP contribution in [0.3, 0.4) is 0 Å². The highest BCUT2D eigenvalue weighted by atomic mass is 19.4. The molecule has 1 heterocycles. The molecule has 0 radical (unpaired) electrons. The van der Waals surface area contributed by atoms with Crippen LogP contribution in [0.1, 0.15) is 22.3 Å². The number of hydrogen-bond donors (Lipinski definition) is 1. The Labute approximate surface area is 172 Å². The molecule has 2 N–H and O–H groups in total. The fraction of sp³-hybridized carbons (Fsp3) is 0.261. The van der Waals surface area contributed by atoms with Gasteiger partial charge in [-0.2, -0.15) is 13.2 Å². The molecule has 156 valence electrons. The maximum absolute atomic E-state index is 13.3. The second-order valence-electron chi connectivity index (χ2n) is 7.45. The van der Waals surface area contributed by atoms with Crippen molar-refractivity contribution in [2.24, 2.45) is 5.73 Å². The minimum Gasteiger partial charge on any atom is -0.496 e. The predicted molar refractivity (Wildman–Crippen MR) is 109 cm³/mol. The molecule has 30 heavy (non-hydrogen) atoms. The number of carbonyl (C=O) groups is 1. The van der Waals surface area contributed by atoms with Crippen molar-refractivity contribution in [3.63, 3.8) is 0 Å². The summed E-state index contributed by atoms with van der Waals surface area (Å²) in [4.78, 5) is 14.5. The zero-order valence-electron chi connectivity index (χ0n) is 16.4. The van der Waals surface area contributed by atoms with Crippen molar-refractivity contribution in [2.75, 3.05) is 20.2 Å². The molecule has 1 saturated heterocycles. The summed E-state index contributed by atoms with van der Waals surface area (Å²) in [5, 5.41) is 1.51. The number of alkyl halides is 3. The topological polar surface area (TPSA) is 55.6 Å². The number of amides is 1. The summed E-state index contributed by atoms with van der Waals surface area (Å²) in [5.74, 6) is 0.258. The van der Waals surface area contributed by atoms with Crippen LogP contribution in [0.25, 0.3) is 21.9 Å². The predicted octanol–water partition coefficient (Wildman–Crippen LogP) is 4.71. The number of ether oxygens (including phenoxy) is 1. The lowest BCUT2D eigenvalue weighted by Gasteiger charge is -2.17. The van der Waals surface area contributed by atoms with Gasteiger partial charge < -0.3 is 15.4 Å². The molecule has 0 aromatic heterocycles. The first kappa shape index (κ1) is 20.2. The Morgan fingerprint density at radius 3 is 2.57 bits per heavy atom. The van der Waals surface area contributed by atoms with E-state index in [4.69, 9.17) is 10.5 Å². The van der Waals surface area contributed by atoms with E-state index in [1.54, 1.807) is 35.2 Å². The number of methoxy groups -OCH3 is 1. The van der Waals surface area contributed by atoms with Crippen LogP contribution in [0, 0.1) is 0 Å². The Morgan fingerprint density at radius 2 is 1.90 bits per heavy atom. The maximum atomic E-state index is 13.3. The van der Waals surface area contributed by atoms with E-state index in [0.717, 1.165) is 29.3 Å². The van der Waals surface area contributed by atoms with Gasteiger partial charge in [-0.1, -0.05) is 24.3 Å². The second kappa shape index (κ2) is 7.65. The number of rotatable bonds is 3. The lowest BCUT2D eigenvalue weighted by molar-refractivity contribution is -0.137. The van der Waals surface area contributed by atoms with Gasteiger partial charge in [0.1, 0.15) is 5.75 Å². The SMILES string of the molecule is COc1ccc(C(F)(F)F)cc1-c1cccc2cc(C(=O)N3CC[C@@H](N)C3)ccc12. The van der Waals surface area contributed by atoms with Gasteiger partial charge in [-0.25, -0.2) is 0 Å². The molecule has 1 aliphatic rings. The van der Waals surface area contributed by atoms with Crippen LogP contribution in [-0.2, 0) is 6.18 Å². The third-order valence-corrected chi connectivity index (χ3v) is 5.46. The van der Waals surface area contributed by atoms with E-state index in [1.165, 1.54) is 13.2 Å². The van der Waals surface area contributed by atoms with Gasteiger partial charge >= 0.3 is 6.18 Å². The minimum atomic E-state index is -4.46. The van der Waals surface area contributed by atoms with Gasteiger partial charge in [0.25, 0.3) is 5.91 Å². The summed E-state index contributed by atoms with van der Waals surface area (Å²) in [7, 11) is 1.43. The molecule has 7 heteroatoms. The van der Waals surface area contributed by atoms with Gasteiger partial charge in [-0.3, -0.25) is 4.79 Å². The molecule has 0 unspecified atom stereocenters. The molecular weight excluding hydrogens is 393 g/mol. The molecule has 1 atom stereocenters. The van der Waals surface area contributed by atoms with Crippen LogP contribution in [-0.4, -0.2) is 37.0 Å². The van der Waals surface area contributed by atoms with Crippen molar-refractivity contribution in [3.8, 4) is 16.9 Å². The van der Waals surface area contributed by atoms with Crippen molar-refractivity contribution < 1.29 is 22.7 Å². The number of carbonyl (C=O) groups excluding carboxylic acids is 1. The largest absolute Gasteiger partial charge is 0.496 e. The van der Waals surface area contributed by atoms with Gasteiger partial charge in [-0.05, 0) is 53.1 Å². The normalized spacial score (nSPS) is 16.8. The van der Waals surface area contributed by atoms with E-state index in [0.29, 0.717) is 35.5 Å². The van der Waals surface area contributed by atoms with Gasteiger partial charge in [0.15, 0.2) is 0 Å². The Balaban J connectivity index is 1.79. The van der Waals surface area contributed by atoms with E-state index in [9.17, 15) is 18.0 Å². The molecule has 3 aromatic rings. The molecule has 4 nitrogen and oxygen atoms in total. The van der Waals surface area contributed by atoms with E-state index >= 15 is 0 Å². The highest BCUT2D eigenvalue weighted by Crippen LogP contribution is 2.39. The van der Waals surface area contributed by atoms with Crippen LogP contribution in [0.4, 0.5) is 13.2 Å². The van der Waals surface area contributed by atoms with Gasteiger partial charge in [-0.15, -0.1) is 0 Å². The fourth-order valence-electron chi connectivity index (χ4n) is 3.90. The molecule has 0 bridgehead atoms. The number of likely N-dealkylation sites (tertiary alicyclic amines) is 1. The highest BCUT2D eigenvalue weighted by Gasteiger charge is 2.31. The average Bonchev–Trinajstić information content (AvgIpc) is 3.17. The van der Waals surface area contributed by atoms with Crippen LogP contribution in [0.5, 0.6) is 5.75 Å². The molecule has 1 aliphatic heterocycles. The molecule has 1 fully saturated rings. The van der Waals surface area contributed by atoms with Crippen molar-refractivity contribution in [3.05, 3.63) is 65.7 Å². The standard InChI is InChI=1S/C23H21F3N2O2/c1-30-21-8-6-16(23(24,25)26)12-20(21)19-4-2-3-14-11-15(5-7-18(14)19)22(29)28-10-9-17(27)13-28/h2-8,11-12,17H,9-10,13,27H2,1H3/t17-/m1/s1. The van der Waals surface area contributed by atoms with Crippen molar-refractivity contribution in [2.45, 2.75) is 18.6 Å². The van der Waals surface area contributed by atoms with Gasteiger partial charge in [0, 0.05) is 30.3 Å². The first-order valence-corrected chi connectivity index (χ1v) is 9.61. The first-order valence-electron chi connectivity index (χ1n) is 9.61. The van der Waals surface area contributed by atoms with Crippen molar-refractivity contribution >= 4 is 16.7 Å². The number of nitrogens with two attached hydrogens (primary N) is 1. The van der Waals surface area contributed by atoms with Crippen LogP contribution < -0.4 is 10.5 Å². The average molecular weight is 414 g/mol. The van der Waals surface area contributed by atoms with Crippen LogP contribution in [0.2, 0.25) is 0 Å². The molecule has 4 rings (SSSR count). The Hall–Kier alpha value is -3.06. The number of benzene rings is 3. The van der Waals surface area contributed by atoms with Crippen LogP contribution in [0.15, 0.2) is 54.6 Å². The van der Waals surface area contributed by atoms with Crippen molar-refractivity contribution in [1.82, 2.24) is 4.90 Å². The summed E-state index contributed by atoms with van der Waals surface area (Å²) in [6, 6.07) is 14.0. The smallest absolute Gasteiger partial charge is 0.416 e. The molecule has 0 aliphatic carbocycles. The van der Waals surface area contributed by atoms with E-state index in [-0.39, 0.29) is 11.9 Å². The minimum absolute atomic E-state index is 0.00520. The quantitative estimate of drug-likeness (QED) is 0.676. The lowest BCUT2D eigenvalue weighted by Crippen LogP contribution is -2.31.